The van der Waals surface area contributed by atoms with Gasteiger partial charge in [-0.25, -0.2) is 0 Å². The number of carbonyl (C=O) groups is 1. The van der Waals surface area contributed by atoms with Gasteiger partial charge in [0.15, 0.2) is 0 Å². The molecule has 0 radical (unpaired) electrons. The van der Waals surface area contributed by atoms with Gasteiger partial charge in [0, 0.05) is 13.2 Å². The number of rotatable bonds is 7. The maximum absolute atomic E-state index is 10.4. The second-order valence-electron chi connectivity index (χ2n) is 3.74. The van der Waals surface area contributed by atoms with E-state index in [1.165, 1.54) is 0 Å². The summed E-state index contributed by atoms with van der Waals surface area (Å²) < 4.78 is 9.98. The Morgan fingerprint density at radius 1 is 1.26 bits per heavy atom. The molecule has 1 aromatic carbocycles. The number of hydrogen-bond donors (Lipinski definition) is 2. The van der Waals surface area contributed by atoms with Crippen molar-refractivity contribution in [2.45, 2.75) is 26.3 Å². The predicted molar refractivity (Wildman–Crippen MR) is 77.6 cm³/mol. The van der Waals surface area contributed by atoms with Crippen LogP contribution in [0.3, 0.4) is 0 Å². The van der Waals surface area contributed by atoms with Gasteiger partial charge < -0.3 is 19.7 Å². The first-order valence-electron chi connectivity index (χ1n) is 6.29. The van der Waals surface area contributed by atoms with Crippen LogP contribution in [-0.4, -0.2) is 40.3 Å². The minimum absolute atomic E-state index is 0.385. The summed E-state index contributed by atoms with van der Waals surface area (Å²) in [6.07, 6.45) is 0.385. The zero-order valence-electron chi connectivity index (χ0n) is 11.5. The van der Waals surface area contributed by atoms with Crippen LogP contribution in [0.1, 0.15) is 19.4 Å². The molecule has 0 unspecified atom stereocenters. The van der Waals surface area contributed by atoms with E-state index in [1.54, 1.807) is 0 Å². The summed E-state index contributed by atoms with van der Waals surface area (Å²) in [5.41, 5.74) is 6.30. The fraction of sp³-hybridized carbons (Fsp3) is 0.462. The van der Waals surface area contributed by atoms with E-state index in [0.717, 1.165) is 18.8 Å². The van der Waals surface area contributed by atoms with Crippen molar-refractivity contribution in [1.82, 2.24) is 0 Å². The maximum Gasteiger partial charge on any atom is 0.320 e. The molecule has 1 atom stereocenters. The second-order valence-corrected chi connectivity index (χ2v) is 4.79. The standard InChI is InChI=1S/C9H11NO2.C4H12O2Si/c10-8(9(11)12)6-7-4-2-1-3-5-7;1-3-5-7-6-4-2/h1-5,8H,6,10H2,(H,11,12);3-4,7H2,1-2H3/t8-;/m0./s1. The summed E-state index contributed by atoms with van der Waals surface area (Å²) in [4.78, 5) is 10.4. The normalized spacial score (nSPS) is 11.3. The Balaban J connectivity index is 0.000000399. The third-order valence-electron chi connectivity index (χ3n) is 2.19. The van der Waals surface area contributed by atoms with Gasteiger partial charge in [-0.1, -0.05) is 30.3 Å². The first-order valence-corrected chi connectivity index (χ1v) is 7.45. The van der Waals surface area contributed by atoms with Gasteiger partial charge in [0.05, 0.1) is 0 Å². The van der Waals surface area contributed by atoms with E-state index in [9.17, 15) is 4.79 Å². The lowest BCUT2D eigenvalue weighted by Gasteiger charge is -2.04. The molecule has 0 bridgehead atoms. The SMILES string of the molecule is CCO[SiH2]OCC.N[C@@H](Cc1ccccc1)C(=O)O. The molecule has 3 N–H and O–H groups in total. The number of hydrogen-bond acceptors (Lipinski definition) is 4. The lowest BCUT2D eigenvalue weighted by atomic mass is 10.1. The van der Waals surface area contributed by atoms with Crippen LogP contribution < -0.4 is 5.73 Å². The van der Waals surface area contributed by atoms with E-state index in [2.05, 4.69) is 0 Å². The van der Waals surface area contributed by atoms with Crippen LogP contribution in [0.25, 0.3) is 0 Å². The van der Waals surface area contributed by atoms with Gasteiger partial charge in [-0.05, 0) is 25.8 Å². The zero-order chi connectivity index (χ0) is 14.5. The van der Waals surface area contributed by atoms with Crippen molar-refractivity contribution in [1.29, 1.82) is 0 Å². The molecule has 6 heteroatoms. The minimum Gasteiger partial charge on any atom is -0.480 e. The van der Waals surface area contributed by atoms with Crippen molar-refractivity contribution in [2.24, 2.45) is 5.73 Å². The molecular formula is C13H23NO4Si. The predicted octanol–water partition coefficient (Wildman–Crippen LogP) is 0.699. The molecule has 0 aliphatic rings. The summed E-state index contributed by atoms with van der Waals surface area (Å²) in [5, 5.41) is 8.52. The molecule has 1 rings (SSSR count). The summed E-state index contributed by atoms with van der Waals surface area (Å²) in [7, 11) is -0.589. The number of carboxylic acid groups (broad SMARTS) is 1. The molecule has 0 amide bonds. The highest BCUT2D eigenvalue weighted by Gasteiger charge is 2.10. The van der Waals surface area contributed by atoms with E-state index in [4.69, 9.17) is 19.7 Å². The van der Waals surface area contributed by atoms with Crippen LogP contribution in [0.2, 0.25) is 0 Å². The van der Waals surface area contributed by atoms with Crippen LogP contribution in [0.4, 0.5) is 0 Å². The quantitative estimate of drug-likeness (QED) is 0.569. The van der Waals surface area contributed by atoms with Gasteiger partial charge in [-0.15, -0.1) is 0 Å². The summed E-state index contributed by atoms with van der Waals surface area (Å²) in [6.45, 7) is 5.55. The minimum atomic E-state index is -0.959. The van der Waals surface area contributed by atoms with Crippen LogP contribution in [-0.2, 0) is 20.1 Å². The molecule has 0 aliphatic carbocycles. The average molecular weight is 285 g/mol. The van der Waals surface area contributed by atoms with Gasteiger partial charge in [0.2, 0.25) is 0 Å². The fourth-order valence-electron chi connectivity index (χ4n) is 1.18. The van der Waals surface area contributed by atoms with E-state index in [1.807, 2.05) is 44.2 Å². The maximum atomic E-state index is 10.4. The fourth-order valence-corrected chi connectivity index (χ4v) is 1.63. The third-order valence-corrected chi connectivity index (χ3v) is 3.34. The largest absolute Gasteiger partial charge is 0.480 e. The van der Waals surface area contributed by atoms with E-state index < -0.39 is 22.0 Å². The Morgan fingerprint density at radius 2 is 1.79 bits per heavy atom. The first kappa shape index (κ1) is 17.8. The summed E-state index contributed by atoms with van der Waals surface area (Å²) in [5.74, 6) is -0.959. The molecule has 0 heterocycles. The number of nitrogens with two attached hydrogens (primary N) is 1. The Kier molecular flexibility index (Phi) is 11.1. The third kappa shape index (κ3) is 10.4. The van der Waals surface area contributed by atoms with Crippen LogP contribution in [0.15, 0.2) is 30.3 Å². The molecule has 0 aliphatic heterocycles. The van der Waals surface area contributed by atoms with Crippen molar-refractivity contribution in [3.63, 3.8) is 0 Å². The van der Waals surface area contributed by atoms with Crippen molar-refractivity contribution >= 4 is 16.0 Å². The van der Waals surface area contributed by atoms with Gasteiger partial charge in [-0.3, -0.25) is 4.79 Å². The zero-order valence-corrected chi connectivity index (χ0v) is 13.0. The van der Waals surface area contributed by atoms with E-state index in [-0.39, 0.29) is 0 Å². The highest BCUT2D eigenvalue weighted by atomic mass is 28.3. The lowest BCUT2D eigenvalue weighted by molar-refractivity contribution is -0.138. The second kappa shape index (κ2) is 11.9. The van der Waals surface area contributed by atoms with Gasteiger partial charge >= 0.3 is 16.0 Å². The van der Waals surface area contributed by atoms with Crippen LogP contribution >= 0.6 is 0 Å². The highest BCUT2D eigenvalue weighted by molar-refractivity contribution is 6.17. The van der Waals surface area contributed by atoms with Crippen molar-refractivity contribution < 1.29 is 18.8 Å². The average Bonchev–Trinajstić information content (AvgIpc) is 2.41. The molecule has 0 fully saturated rings. The Labute approximate surface area is 116 Å². The van der Waals surface area contributed by atoms with Crippen LogP contribution in [0.5, 0.6) is 0 Å². The molecule has 0 aromatic heterocycles. The molecule has 0 saturated heterocycles. The molecule has 5 nitrogen and oxygen atoms in total. The topological polar surface area (TPSA) is 81.8 Å². The van der Waals surface area contributed by atoms with E-state index >= 15 is 0 Å². The number of carboxylic acids is 1. The Bertz CT molecular complexity index is 331. The smallest absolute Gasteiger partial charge is 0.320 e. The van der Waals surface area contributed by atoms with Gasteiger partial charge in [0.1, 0.15) is 6.04 Å². The van der Waals surface area contributed by atoms with Crippen molar-refractivity contribution in [3.05, 3.63) is 35.9 Å². The van der Waals surface area contributed by atoms with Crippen LogP contribution in [0, 0.1) is 0 Å². The van der Waals surface area contributed by atoms with Gasteiger partial charge in [0.25, 0.3) is 0 Å². The lowest BCUT2D eigenvalue weighted by Crippen LogP contribution is -2.32. The van der Waals surface area contributed by atoms with Gasteiger partial charge in [-0.2, -0.15) is 0 Å². The number of aliphatic carboxylic acids is 1. The molecular weight excluding hydrogens is 262 g/mol. The summed E-state index contributed by atoms with van der Waals surface area (Å²) >= 11 is 0. The number of benzene rings is 1. The first-order chi connectivity index (χ1) is 9.11. The summed E-state index contributed by atoms with van der Waals surface area (Å²) in [6, 6.07) is 8.54. The molecule has 0 spiro atoms. The molecule has 108 valence electrons. The van der Waals surface area contributed by atoms with Crippen molar-refractivity contribution in [2.75, 3.05) is 13.2 Å². The highest BCUT2D eigenvalue weighted by Crippen LogP contribution is 2.01. The molecule has 1 aromatic rings. The Hall–Kier alpha value is -1.21. The monoisotopic (exact) mass is 285 g/mol. The Morgan fingerprint density at radius 3 is 2.21 bits per heavy atom. The molecule has 19 heavy (non-hydrogen) atoms. The van der Waals surface area contributed by atoms with Crippen molar-refractivity contribution in [3.8, 4) is 0 Å². The molecule has 0 saturated carbocycles. The van der Waals surface area contributed by atoms with E-state index in [0.29, 0.717) is 6.42 Å².